The number of hydrogen-bond donors (Lipinski definition) is 1. The molecule has 0 spiro atoms. The smallest absolute Gasteiger partial charge is 0.262 e. The van der Waals surface area contributed by atoms with Gasteiger partial charge in [0.05, 0.1) is 11.1 Å². The van der Waals surface area contributed by atoms with Crippen LogP contribution in [-0.4, -0.2) is 28.7 Å². The van der Waals surface area contributed by atoms with E-state index in [-0.39, 0.29) is 5.91 Å². The highest BCUT2D eigenvalue weighted by Gasteiger charge is 2.40. The van der Waals surface area contributed by atoms with Crippen molar-refractivity contribution in [3.8, 4) is 0 Å². The van der Waals surface area contributed by atoms with Crippen LogP contribution >= 0.6 is 0 Å². The van der Waals surface area contributed by atoms with Crippen LogP contribution in [0.4, 0.5) is 0 Å². The standard InChI is InChI=1S/C19H18N2O3/c1-12-7-9-14(10-8-12)11-20-17(22)13(2)21-18(23)15-5-3-4-6-16(15)19(21)24/h3-10,13H,11H2,1-2H3,(H,20,22)/t13-/m1/s1. The number of nitrogens with one attached hydrogen (secondary N) is 1. The first-order valence-electron chi connectivity index (χ1n) is 7.79. The summed E-state index contributed by atoms with van der Waals surface area (Å²) >= 11 is 0. The molecule has 0 bridgehead atoms. The van der Waals surface area contributed by atoms with Crippen molar-refractivity contribution >= 4 is 17.7 Å². The molecule has 1 aliphatic heterocycles. The Labute approximate surface area is 140 Å². The fraction of sp³-hybridized carbons (Fsp3) is 0.211. The van der Waals surface area contributed by atoms with Crippen molar-refractivity contribution < 1.29 is 14.4 Å². The Balaban J connectivity index is 1.69. The van der Waals surface area contributed by atoms with Crippen LogP contribution in [0.1, 0.15) is 38.8 Å². The minimum Gasteiger partial charge on any atom is -0.350 e. The summed E-state index contributed by atoms with van der Waals surface area (Å²) in [5.41, 5.74) is 2.80. The molecule has 5 nitrogen and oxygen atoms in total. The molecule has 3 amide bonds. The summed E-state index contributed by atoms with van der Waals surface area (Å²) in [5, 5.41) is 2.78. The Morgan fingerprint density at radius 1 is 1.00 bits per heavy atom. The van der Waals surface area contributed by atoms with Crippen LogP contribution < -0.4 is 5.32 Å². The predicted octanol–water partition coefficient (Wildman–Crippen LogP) is 2.30. The maximum Gasteiger partial charge on any atom is 0.262 e. The lowest BCUT2D eigenvalue weighted by Crippen LogP contribution is -2.47. The van der Waals surface area contributed by atoms with E-state index < -0.39 is 17.9 Å². The molecule has 3 rings (SSSR count). The van der Waals surface area contributed by atoms with Gasteiger partial charge in [0.25, 0.3) is 11.8 Å². The fourth-order valence-electron chi connectivity index (χ4n) is 2.72. The van der Waals surface area contributed by atoms with E-state index in [4.69, 9.17) is 0 Å². The molecular formula is C19H18N2O3. The number of rotatable bonds is 4. The Bertz CT molecular complexity index is 777. The summed E-state index contributed by atoms with van der Waals surface area (Å²) in [6.45, 7) is 3.91. The zero-order valence-corrected chi connectivity index (χ0v) is 13.6. The van der Waals surface area contributed by atoms with Gasteiger partial charge in [-0.15, -0.1) is 0 Å². The van der Waals surface area contributed by atoms with E-state index in [2.05, 4.69) is 5.32 Å². The molecule has 0 radical (unpaired) electrons. The average Bonchev–Trinajstić information content (AvgIpc) is 2.85. The second kappa shape index (κ2) is 6.28. The number of hydrogen-bond acceptors (Lipinski definition) is 3. The molecule has 0 aromatic heterocycles. The molecule has 0 fully saturated rings. The summed E-state index contributed by atoms with van der Waals surface area (Å²) in [6.07, 6.45) is 0. The predicted molar refractivity (Wildman–Crippen MR) is 89.4 cm³/mol. The first-order valence-corrected chi connectivity index (χ1v) is 7.79. The molecule has 2 aromatic carbocycles. The van der Waals surface area contributed by atoms with Crippen molar-refractivity contribution in [2.75, 3.05) is 0 Å². The molecule has 5 heteroatoms. The fourth-order valence-corrected chi connectivity index (χ4v) is 2.72. The van der Waals surface area contributed by atoms with Gasteiger partial charge >= 0.3 is 0 Å². The molecule has 1 heterocycles. The van der Waals surface area contributed by atoms with Gasteiger partial charge in [0.15, 0.2) is 0 Å². The van der Waals surface area contributed by atoms with E-state index in [0.29, 0.717) is 17.7 Å². The van der Waals surface area contributed by atoms with Crippen LogP contribution in [0.15, 0.2) is 48.5 Å². The second-order valence-corrected chi connectivity index (χ2v) is 5.91. The third kappa shape index (κ3) is 2.80. The summed E-state index contributed by atoms with van der Waals surface area (Å²) in [5.74, 6) is -1.20. The van der Waals surface area contributed by atoms with E-state index in [1.54, 1.807) is 31.2 Å². The maximum absolute atomic E-state index is 12.4. The van der Waals surface area contributed by atoms with Gasteiger partial charge in [-0.05, 0) is 31.5 Å². The molecule has 1 atom stereocenters. The SMILES string of the molecule is Cc1ccc(CNC(=O)[C@@H](C)N2C(=O)c3ccccc3C2=O)cc1. The van der Waals surface area contributed by atoms with E-state index in [9.17, 15) is 14.4 Å². The minimum absolute atomic E-state index is 0.348. The molecule has 2 aromatic rings. The third-order valence-corrected chi connectivity index (χ3v) is 4.18. The molecule has 122 valence electrons. The van der Waals surface area contributed by atoms with Gasteiger partial charge < -0.3 is 5.32 Å². The second-order valence-electron chi connectivity index (χ2n) is 5.91. The van der Waals surface area contributed by atoms with E-state index in [1.807, 2.05) is 31.2 Å². The van der Waals surface area contributed by atoms with Crippen molar-refractivity contribution in [2.24, 2.45) is 0 Å². The molecule has 0 aliphatic carbocycles. The van der Waals surface area contributed by atoms with Crippen LogP contribution in [0, 0.1) is 6.92 Å². The number of fused-ring (bicyclic) bond motifs is 1. The molecule has 1 N–H and O–H groups in total. The average molecular weight is 322 g/mol. The van der Waals surface area contributed by atoms with Crippen molar-refractivity contribution in [1.29, 1.82) is 0 Å². The van der Waals surface area contributed by atoms with Crippen LogP contribution in [0.5, 0.6) is 0 Å². The van der Waals surface area contributed by atoms with Crippen LogP contribution in [-0.2, 0) is 11.3 Å². The van der Waals surface area contributed by atoms with Crippen LogP contribution in [0.3, 0.4) is 0 Å². The van der Waals surface area contributed by atoms with Gasteiger partial charge in [-0.2, -0.15) is 0 Å². The lowest BCUT2D eigenvalue weighted by atomic mass is 10.1. The van der Waals surface area contributed by atoms with Gasteiger partial charge in [0, 0.05) is 6.54 Å². The molecular weight excluding hydrogens is 304 g/mol. The number of nitrogens with zero attached hydrogens (tertiary/aromatic N) is 1. The summed E-state index contributed by atoms with van der Waals surface area (Å²) in [4.78, 5) is 38.2. The molecule has 24 heavy (non-hydrogen) atoms. The first kappa shape index (κ1) is 15.9. The molecule has 0 unspecified atom stereocenters. The topological polar surface area (TPSA) is 66.5 Å². The maximum atomic E-state index is 12.4. The highest BCUT2D eigenvalue weighted by Crippen LogP contribution is 2.24. The number of aryl methyl sites for hydroxylation is 1. The van der Waals surface area contributed by atoms with E-state index >= 15 is 0 Å². The number of carbonyl (C=O) groups is 3. The zero-order chi connectivity index (χ0) is 17.3. The quantitative estimate of drug-likeness (QED) is 0.878. The monoisotopic (exact) mass is 322 g/mol. The van der Waals surface area contributed by atoms with Crippen LogP contribution in [0.25, 0.3) is 0 Å². The highest BCUT2D eigenvalue weighted by atomic mass is 16.2. The number of benzene rings is 2. The van der Waals surface area contributed by atoms with Gasteiger partial charge in [0.2, 0.25) is 5.91 Å². The summed E-state index contributed by atoms with van der Waals surface area (Å²) in [6, 6.07) is 13.6. The molecule has 0 saturated heterocycles. The van der Waals surface area contributed by atoms with E-state index in [0.717, 1.165) is 16.0 Å². The van der Waals surface area contributed by atoms with Gasteiger partial charge in [-0.1, -0.05) is 42.0 Å². The number of carbonyl (C=O) groups excluding carboxylic acids is 3. The lowest BCUT2D eigenvalue weighted by Gasteiger charge is -2.21. The normalized spacial score (nSPS) is 14.5. The highest BCUT2D eigenvalue weighted by molar-refractivity contribution is 6.22. The van der Waals surface area contributed by atoms with E-state index in [1.165, 1.54) is 0 Å². The van der Waals surface area contributed by atoms with Crippen molar-refractivity contribution in [2.45, 2.75) is 26.4 Å². The summed E-state index contributed by atoms with van der Waals surface area (Å²) in [7, 11) is 0. The zero-order valence-electron chi connectivity index (χ0n) is 13.6. The largest absolute Gasteiger partial charge is 0.350 e. The first-order chi connectivity index (χ1) is 11.5. The van der Waals surface area contributed by atoms with Crippen LogP contribution in [0.2, 0.25) is 0 Å². The Kier molecular flexibility index (Phi) is 4.16. The Morgan fingerprint density at radius 3 is 2.08 bits per heavy atom. The lowest BCUT2D eigenvalue weighted by molar-refractivity contribution is -0.124. The van der Waals surface area contributed by atoms with Gasteiger partial charge in [-0.25, -0.2) is 0 Å². The number of imide groups is 1. The minimum atomic E-state index is -0.858. The Morgan fingerprint density at radius 2 is 1.54 bits per heavy atom. The van der Waals surface area contributed by atoms with Crippen molar-refractivity contribution in [3.05, 3.63) is 70.8 Å². The van der Waals surface area contributed by atoms with Crippen molar-refractivity contribution in [3.63, 3.8) is 0 Å². The van der Waals surface area contributed by atoms with Gasteiger partial charge in [-0.3, -0.25) is 19.3 Å². The molecule has 0 saturated carbocycles. The van der Waals surface area contributed by atoms with Crippen molar-refractivity contribution in [1.82, 2.24) is 10.2 Å². The Hall–Kier alpha value is -2.95. The third-order valence-electron chi connectivity index (χ3n) is 4.18. The molecule has 1 aliphatic rings. The number of amides is 3. The van der Waals surface area contributed by atoms with Gasteiger partial charge in [0.1, 0.15) is 6.04 Å². The summed E-state index contributed by atoms with van der Waals surface area (Å²) < 4.78 is 0.